The molecule has 0 unspecified atom stereocenters. The lowest BCUT2D eigenvalue weighted by Gasteiger charge is -1.99. The van der Waals surface area contributed by atoms with E-state index in [1.807, 2.05) is 48.6 Å². The summed E-state index contributed by atoms with van der Waals surface area (Å²) in [6, 6.07) is 21.8. The maximum absolute atomic E-state index is 12.1. The monoisotopic (exact) mass is 420 g/mol. The molecule has 5 rings (SSSR count). The zero-order valence-corrected chi connectivity index (χ0v) is 16.8. The van der Waals surface area contributed by atoms with E-state index >= 15 is 0 Å². The summed E-state index contributed by atoms with van der Waals surface area (Å²) in [5.41, 5.74) is 2.19. The van der Waals surface area contributed by atoms with Crippen molar-refractivity contribution in [2.24, 2.45) is 0 Å². The molecule has 0 aliphatic rings. The van der Waals surface area contributed by atoms with Crippen molar-refractivity contribution in [3.05, 3.63) is 117 Å². The first-order chi connectivity index (χ1) is 15.7. The second-order valence-corrected chi connectivity index (χ2v) is 7.05. The van der Waals surface area contributed by atoms with Crippen molar-refractivity contribution in [3.63, 3.8) is 0 Å². The molecule has 3 aromatic carbocycles. The van der Waals surface area contributed by atoms with Crippen LogP contribution < -0.4 is 11.3 Å². The molecular formula is C26H16N2O4. The molecule has 0 saturated heterocycles. The molecule has 0 saturated carbocycles. The van der Waals surface area contributed by atoms with Crippen LogP contribution in [0.4, 0.5) is 0 Å². The van der Waals surface area contributed by atoms with Gasteiger partial charge in [-0.15, -0.1) is 0 Å². The molecule has 0 radical (unpaired) electrons. The highest BCUT2D eigenvalue weighted by Gasteiger charge is 2.04. The molecule has 6 nitrogen and oxygen atoms in total. The van der Waals surface area contributed by atoms with Gasteiger partial charge in [0.25, 0.3) is 0 Å². The van der Waals surface area contributed by atoms with Crippen molar-refractivity contribution in [2.45, 2.75) is 0 Å². The largest absolute Gasteiger partial charge is 0.404 e. The molecule has 6 heteroatoms. The van der Waals surface area contributed by atoms with Crippen LogP contribution in [0, 0.1) is 0 Å². The zero-order chi connectivity index (χ0) is 21.9. The molecule has 2 heterocycles. The number of aromatic nitrogens is 2. The highest BCUT2D eigenvalue weighted by Crippen LogP contribution is 2.14. The molecule has 0 aliphatic carbocycles. The Bertz CT molecular complexity index is 1490. The minimum Gasteiger partial charge on any atom is -0.404 e. The summed E-state index contributed by atoms with van der Waals surface area (Å²) in [6.07, 6.45) is 6.95. The molecule has 154 valence electrons. The summed E-state index contributed by atoms with van der Waals surface area (Å²) in [5, 5.41) is 0.912. The quantitative estimate of drug-likeness (QED) is 0.405. The summed E-state index contributed by atoms with van der Waals surface area (Å²) < 4.78 is 10.5. The minimum absolute atomic E-state index is 0.245. The predicted octanol–water partition coefficient (Wildman–Crippen LogP) is 5.03. The van der Waals surface area contributed by atoms with E-state index < -0.39 is 11.3 Å². The number of hydrogen-bond acceptors (Lipinski definition) is 6. The van der Waals surface area contributed by atoms with Crippen molar-refractivity contribution in [1.82, 2.24) is 9.97 Å². The number of hydrogen-bond donors (Lipinski definition) is 0. The standard InChI is InChI=1S/C26H16N2O4/c29-25-19-5-1-3-7-21(19)27-23(31-25)15-13-17-9-11-18(12-10-17)14-16-24-28-22-8-4-2-6-20(22)26(30)32-24/h1-16H. The van der Waals surface area contributed by atoms with Gasteiger partial charge in [0.2, 0.25) is 11.8 Å². The van der Waals surface area contributed by atoms with E-state index in [0.29, 0.717) is 21.8 Å². The SMILES string of the molecule is O=c1oc(C=Cc2ccc(C=Cc3nc4ccccc4c(=O)o3)cc2)nc2ccccc12. The van der Waals surface area contributed by atoms with E-state index in [4.69, 9.17) is 8.83 Å². The molecule has 32 heavy (non-hydrogen) atoms. The summed E-state index contributed by atoms with van der Waals surface area (Å²) in [5.74, 6) is 0.491. The van der Waals surface area contributed by atoms with Gasteiger partial charge in [-0.2, -0.15) is 0 Å². The van der Waals surface area contributed by atoms with Gasteiger partial charge in [0.1, 0.15) is 0 Å². The van der Waals surface area contributed by atoms with E-state index in [2.05, 4.69) is 9.97 Å². The van der Waals surface area contributed by atoms with Crippen molar-refractivity contribution < 1.29 is 8.83 Å². The molecule has 0 atom stereocenters. The van der Waals surface area contributed by atoms with Crippen LogP contribution in [0.1, 0.15) is 22.9 Å². The smallest absolute Gasteiger partial charge is 0.347 e. The first-order valence-corrected chi connectivity index (χ1v) is 9.92. The predicted molar refractivity (Wildman–Crippen MR) is 125 cm³/mol. The number of benzene rings is 3. The summed E-state index contributed by atoms with van der Waals surface area (Å²) >= 11 is 0. The second kappa shape index (κ2) is 8.28. The average Bonchev–Trinajstić information content (AvgIpc) is 2.82. The van der Waals surface area contributed by atoms with Gasteiger partial charge in [0, 0.05) is 12.2 Å². The number of nitrogens with zero attached hydrogens (tertiary/aromatic N) is 2. The molecule has 0 N–H and O–H groups in total. The number of para-hydroxylation sites is 2. The third kappa shape index (κ3) is 4.02. The maximum Gasteiger partial charge on any atom is 0.347 e. The lowest BCUT2D eigenvalue weighted by Crippen LogP contribution is -2.02. The molecule has 2 aromatic heterocycles. The molecule has 0 bridgehead atoms. The zero-order valence-electron chi connectivity index (χ0n) is 16.8. The lowest BCUT2D eigenvalue weighted by atomic mass is 10.1. The van der Waals surface area contributed by atoms with Crippen molar-refractivity contribution >= 4 is 46.1 Å². The van der Waals surface area contributed by atoms with Gasteiger partial charge in [-0.1, -0.05) is 48.5 Å². The van der Waals surface area contributed by atoms with E-state index in [-0.39, 0.29) is 11.8 Å². The molecule has 5 aromatic rings. The maximum atomic E-state index is 12.1. The van der Waals surface area contributed by atoms with E-state index in [9.17, 15) is 9.59 Å². The fourth-order valence-corrected chi connectivity index (χ4v) is 3.27. The molecule has 0 fully saturated rings. The number of rotatable bonds is 4. The fourth-order valence-electron chi connectivity index (χ4n) is 3.27. The van der Waals surface area contributed by atoms with Crippen LogP contribution in [0.25, 0.3) is 46.1 Å². The van der Waals surface area contributed by atoms with E-state index in [1.165, 1.54) is 0 Å². The number of fused-ring (bicyclic) bond motifs is 2. The average molecular weight is 420 g/mol. The highest BCUT2D eigenvalue weighted by molar-refractivity contribution is 5.79. The van der Waals surface area contributed by atoms with Gasteiger partial charge in [-0.25, -0.2) is 19.6 Å². The van der Waals surface area contributed by atoms with Gasteiger partial charge in [0.05, 0.1) is 21.8 Å². The van der Waals surface area contributed by atoms with Crippen LogP contribution in [0.5, 0.6) is 0 Å². The van der Waals surface area contributed by atoms with Gasteiger partial charge in [0.15, 0.2) is 0 Å². The van der Waals surface area contributed by atoms with E-state index in [1.54, 1.807) is 48.6 Å². The van der Waals surface area contributed by atoms with Gasteiger partial charge in [-0.3, -0.25) is 0 Å². The highest BCUT2D eigenvalue weighted by atomic mass is 16.4. The van der Waals surface area contributed by atoms with Crippen LogP contribution in [0.2, 0.25) is 0 Å². The third-order valence-electron chi connectivity index (χ3n) is 4.88. The Morgan fingerprint density at radius 1 is 0.531 bits per heavy atom. The van der Waals surface area contributed by atoms with Gasteiger partial charge >= 0.3 is 11.3 Å². The Hall–Kier alpha value is -4.58. The summed E-state index contributed by atoms with van der Waals surface area (Å²) in [4.78, 5) is 32.8. The van der Waals surface area contributed by atoms with Gasteiger partial charge in [-0.05, 0) is 47.5 Å². The summed E-state index contributed by atoms with van der Waals surface area (Å²) in [6.45, 7) is 0. The van der Waals surface area contributed by atoms with Crippen LogP contribution in [-0.2, 0) is 0 Å². The Morgan fingerprint density at radius 2 is 0.938 bits per heavy atom. The molecular weight excluding hydrogens is 404 g/mol. The Balaban J connectivity index is 1.34. The fraction of sp³-hybridized carbons (Fsp3) is 0. The Morgan fingerprint density at radius 3 is 1.38 bits per heavy atom. The first-order valence-electron chi connectivity index (χ1n) is 9.92. The first kappa shape index (κ1) is 19.4. The van der Waals surface area contributed by atoms with Crippen molar-refractivity contribution in [1.29, 1.82) is 0 Å². The topological polar surface area (TPSA) is 86.2 Å². The van der Waals surface area contributed by atoms with Crippen LogP contribution in [0.15, 0.2) is 91.2 Å². The molecule has 0 aliphatic heterocycles. The van der Waals surface area contributed by atoms with E-state index in [0.717, 1.165) is 11.1 Å². The summed E-state index contributed by atoms with van der Waals surface area (Å²) in [7, 11) is 0. The van der Waals surface area contributed by atoms with Crippen LogP contribution >= 0.6 is 0 Å². The third-order valence-corrected chi connectivity index (χ3v) is 4.88. The van der Waals surface area contributed by atoms with Gasteiger partial charge < -0.3 is 8.83 Å². The lowest BCUT2D eigenvalue weighted by molar-refractivity contribution is 0.490. The molecule has 0 spiro atoms. The van der Waals surface area contributed by atoms with Crippen molar-refractivity contribution in [3.8, 4) is 0 Å². The van der Waals surface area contributed by atoms with Crippen molar-refractivity contribution in [2.75, 3.05) is 0 Å². The van der Waals surface area contributed by atoms with Crippen LogP contribution in [-0.4, -0.2) is 9.97 Å². The Labute approximate surface area is 181 Å². The normalized spacial score (nSPS) is 11.8. The minimum atomic E-state index is -0.412. The second-order valence-electron chi connectivity index (χ2n) is 7.05. The van der Waals surface area contributed by atoms with Crippen LogP contribution in [0.3, 0.4) is 0 Å². The molecule has 0 amide bonds. The Kier molecular flexibility index (Phi) is 5.01.